The molecular formula is C10H12N4. The van der Waals surface area contributed by atoms with Gasteiger partial charge in [-0.1, -0.05) is 6.07 Å². The van der Waals surface area contributed by atoms with E-state index in [0.29, 0.717) is 6.54 Å². The zero-order chi connectivity index (χ0) is 9.80. The summed E-state index contributed by atoms with van der Waals surface area (Å²) in [6.07, 6.45) is 4.37. The summed E-state index contributed by atoms with van der Waals surface area (Å²) >= 11 is 0. The lowest BCUT2D eigenvalue weighted by Crippen LogP contribution is -2.02. The van der Waals surface area contributed by atoms with Gasteiger partial charge in [-0.15, -0.1) is 0 Å². The molecule has 0 radical (unpaired) electrons. The van der Waals surface area contributed by atoms with Crippen LogP contribution in [0.5, 0.6) is 0 Å². The predicted octanol–water partition coefficient (Wildman–Crippen LogP) is 0.973. The van der Waals surface area contributed by atoms with Crippen molar-refractivity contribution in [2.45, 2.75) is 6.42 Å². The number of hydrogen-bond acceptors (Lipinski definition) is 3. The van der Waals surface area contributed by atoms with Gasteiger partial charge in [0.05, 0.1) is 0 Å². The molecule has 0 amide bonds. The second kappa shape index (κ2) is 4.02. The molecule has 0 aromatic carbocycles. The van der Waals surface area contributed by atoms with Crippen LogP contribution >= 0.6 is 0 Å². The van der Waals surface area contributed by atoms with Gasteiger partial charge in [0.1, 0.15) is 5.69 Å². The smallest absolute Gasteiger partial charge is 0.156 e. The summed E-state index contributed by atoms with van der Waals surface area (Å²) in [6.45, 7) is 0.629. The SMILES string of the molecule is NCCc1cnc(-c2ccccn2)[nH]1. The Hall–Kier alpha value is -1.68. The van der Waals surface area contributed by atoms with E-state index in [1.807, 2.05) is 18.2 Å². The molecule has 0 aliphatic carbocycles. The van der Waals surface area contributed by atoms with Crippen LogP contribution in [0.15, 0.2) is 30.6 Å². The molecule has 2 aromatic rings. The molecule has 2 rings (SSSR count). The normalized spacial score (nSPS) is 10.4. The van der Waals surface area contributed by atoms with Crippen LogP contribution in [0, 0.1) is 0 Å². The fourth-order valence-corrected chi connectivity index (χ4v) is 1.27. The van der Waals surface area contributed by atoms with E-state index < -0.39 is 0 Å². The molecule has 4 heteroatoms. The van der Waals surface area contributed by atoms with Gasteiger partial charge >= 0.3 is 0 Å². The fourth-order valence-electron chi connectivity index (χ4n) is 1.27. The topological polar surface area (TPSA) is 67.6 Å². The Labute approximate surface area is 82.2 Å². The van der Waals surface area contributed by atoms with E-state index in [9.17, 15) is 0 Å². The number of nitrogens with two attached hydrogens (primary N) is 1. The highest BCUT2D eigenvalue weighted by molar-refractivity contribution is 5.48. The maximum atomic E-state index is 5.45. The Morgan fingerprint density at radius 2 is 2.21 bits per heavy atom. The molecule has 0 unspecified atom stereocenters. The number of imidazole rings is 1. The highest BCUT2D eigenvalue weighted by atomic mass is 14.9. The van der Waals surface area contributed by atoms with E-state index in [4.69, 9.17) is 5.73 Å². The van der Waals surface area contributed by atoms with Gasteiger partial charge < -0.3 is 10.7 Å². The van der Waals surface area contributed by atoms with E-state index in [1.165, 1.54) is 0 Å². The summed E-state index contributed by atoms with van der Waals surface area (Å²) in [6, 6.07) is 5.74. The van der Waals surface area contributed by atoms with Gasteiger partial charge in [-0.25, -0.2) is 4.98 Å². The first-order valence-corrected chi connectivity index (χ1v) is 4.55. The van der Waals surface area contributed by atoms with E-state index in [0.717, 1.165) is 23.6 Å². The number of nitrogens with zero attached hydrogens (tertiary/aromatic N) is 2. The minimum atomic E-state index is 0.629. The standard InChI is InChI=1S/C10H12N4/c11-5-4-8-7-13-10(14-8)9-3-1-2-6-12-9/h1-3,6-7H,4-5,11H2,(H,13,14). The highest BCUT2D eigenvalue weighted by Gasteiger charge is 2.02. The van der Waals surface area contributed by atoms with Gasteiger partial charge in [-0.05, 0) is 18.7 Å². The average molecular weight is 188 g/mol. The number of pyridine rings is 1. The quantitative estimate of drug-likeness (QED) is 0.754. The number of rotatable bonds is 3. The van der Waals surface area contributed by atoms with Crippen LogP contribution in [0.25, 0.3) is 11.5 Å². The first-order valence-electron chi connectivity index (χ1n) is 4.55. The zero-order valence-electron chi connectivity index (χ0n) is 7.77. The lowest BCUT2D eigenvalue weighted by Gasteiger charge is -1.94. The van der Waals surface area contributed by atoms with Crippen molar-refractivity contribution in [1.82, 2.24) is 15.0 Å². The predicted molar refractivity (Wildman–Crippen MR) is 54.6 cm³/mol. The molecule has 4 nitrogen and oxygen atoms in total. The Morgan fingerprint density at radius 3 is 2.93 bits per heavy atom. The van der Waals surface area contributed by atoms with Crippen LogP contribution in [-0.4, -0.2) is 21.5 Å². The first kappa shape index (κ1) is 8.90. The number of aromatic amines is 1. The third-order valence-corrected chi connectivity index (χ3v) is 1.95. The molecule has 0 aliphatic rings. The zero-order valence-corrected chi connectivity index (χ0v) is 7.77. The molecular weight excluding hydrogens is 176 g/mol. The Bertz CT molecular complexity index is 394. The van der Waals surface area contributed by atoms with Crippen LogP contribution in [0.4, 0.5) is 0 Å². The third kappa shape index (κ3) is 1.80. The van der Waals surface area contributed by atoms with Gasteiger partial charge in [0.15, 0.2) is 5.82 Å². The highest BCUT2D eigenvalue weighted by Crippen LogP contribution is 2.11. The van der Waals surface area contributed by atoms with Crippen molar-refractivity contribution in [2.75, 3.05) is 6.54 Å². The van der Waals surface area contributed by atoms with E-state index in [-0.39, 0.29) is 0 Å². The van der Waals surface area contributed by atoms with Crippen LogP contribution in [0.1, 0.15) is 5.69 Å². The van der Waals surface area contributed by atoms with Gasteiger partial charge in [0.2, 0.25) is 0 Å². The number of aromatic nitrogens is 3. The number of hydrogen-bond donors (Lipinski definition) is 2. The number of H-pyrrole nitrogens is 1. The van der Waals surface area contributed by atoms with Crippen LogP contribution in [-0.2, 0) is 6.42 Å². The van der Waals surface area contributed by atoms with Crippen molar-refractivity contribution in [1.29, 1.82) is 0 Å². The molecule has 3 N–H and O–H groups in total. The van der Waals surface area contributed by atoms with Crippen LogP contribution in [0.2, 0.25) is 0 Å². The van der Waals surface area contributed by atoms with E-state index in [2.05, 4.69) is 15.0 Å². The van der Waals surface area contributed by atoms with Gasteiger partial charge in [-0.3, -0.25) is 4.98 Å². The van der Waals surface area contributed by atoms with Crippen molar-refractivity contribution >= 4 is 0 Å². The molecule has 72 valence electrons. The van der Waals surface area contributed by atoms with Gasteiger partial charge in [-0.2, -0.15) is 0 Å². The molecule has 0 saturated heterocycles. The Balaban J connectivity index is 2.25. The maximum absolute atomic E-state index is 5.45. The summed E-state index contributed by atoms with van der Waals surface area (Å²) < 4.78 is 0. The first-order chi connectivity index (χ1) is 6.90. The summed E-state index contributed by atoms with van der Waals surface area (Å²) in [5.41, 5.74) is 7.35. The average Bonchev–Trinajstić information content (AvgIpc) is 2.68. The summed E-state index contributed by atoms with van der Waals surface area (Å²) in [7, 11) is 0. The fraction of sp³-hybridized carbons (Fsp3) is 0.200. The third-order valence-electron chi connectivity index (χ3n) is 1.95. The van der Waals surface area contributed by atoms with Gasteiger partial charge in [0.25, 0.3) is 0 Å². The molecule has 0 atom stereocenters. The summed E-state index contributed by atoms with van der Waals surface area (Å²) in [5, 5.41) is 0. The molecule has 14 heavy (non-hydrogen) atoms. The molecule has 0 spiro atoms. The van der Waals surface area contributed by atoms with E-state index >= 15 is 0 Å². The minimum absolute atomic E-state index is 0.629. The van der Waals surface area contributed by atoms with Crippen molar-refractivity contribution in [2.24, 2.45) is 5.73 Å². The van der Waals surface area contributed by atoms with Crippen molar-refractivity contribution in [3.8, 4) is 11.5 Å². The maximum Gasteiger partial charge on any atom is 0.156 e. The van der Waals surface area contributed by atoms with Crippen LogP contribution in [0.3, 0.4) is 0 Å². The summed E-state index contributed by atoms with van der Waals surface area (Å²) in [4.78, 5) is 11.6. The van der Waals surface area contributed by atoms with E-state index in [1.54, 1.807) is 12.4 Å². The lowest BCUT2D eigenvalue weighted by atomic mass is 10.3. The lowest BCUT2D eigenvalue weighted by molar-refractivity contribution is 0.935. The van der Waals surface area contributed by atoms with Gasteiger partial charge in [0, 0.05) is 24.5 Å². The second-order valence-corrected chi connectivity index (χ2v) is 3.01. The largest absolute Gasteiger partial charge is 0.341 e. The Morgan fingerprint density at radius 1 is 1.29 bits per heavy atom. The van der Waals surface area contributed by atoms with Crippen molar-refractivity contribution < 1.29 is 0 Å². The summed E-state index contributed by atoms with van der Waals surface area (Å²) in [5.74, 6) is 0.800. The molecule has 0 bridgehead atoms. The number of nitrogens with one attached hydrogen (secondary N) is 1. The Kier molecular flexibility index (Phi) is 2.55. The molecule has 2 heterocycles. The second-order valence-electron chi connectivity index (χ2n) is 3.01. The minimum Gasteiger partial charge on any atom is -0.341 e. The monoisotopic (exact) mass is 188 g/mol. The molecule has 0 aliphatic heterocycles. The van der Waals surface area contributed by atoms with Crippen molar-refractivity contribution in [3.05, 3.63) is 36.3 Å². The molecule has 0 saturated carbocycles. The molecule has 2 aromatic heterocycles. The van der Waals surface area contributed by atoms with Crippen molar-refractivity contribution in [3.63, 3.8) is 0 Å². The van der Waals surface area contributed by atoms with Crippen LogP contribution < -0.4 is 5.73 Å². The molecule has 0 fully saturated rings.